The van der Waals surface area contributed by atoms with Crippen LogP contribution in [0.2, 0.25) is 0 Å². The molecule has 0 atom stereocenters. The molecule has 0 fully saturated rings. The molecule has 6 nitrogen and oxygen atoms in total. The maximum Gasteiger partial charge on any atom is 0.283 e. The fraction of sp³-hybridized carbons (Fsp3) is 0.111. The summed E-state index contributed by atoms with van der Waals surface area (Å²) in [4.78, 5) is 3.47. The first-order chi connectivity index (χ1) is 7.99. The highest BCUT2D eigenvalue weighted by Crippen LogP contribution is 2.16. The van der Waals surface area contributed by atoms with Crippen molar-refractivity contribution in [2.75, 3.05) is 4.72 Å². The summed E-state index contributed by atoms with van der Waals surface area (Å²) >= 11 is 0. The Bertz CT molecular complexity index is 638. The second-order valence-electron chi connectivity index (χ2n) is 3.22. The van der Waals surface area contributed by atoms with E-state index in [1.165, 1.54) is 18.3 Å². The number of hydrogen-bond donors (Lipinski definition) is 1. The molecule has 17 heavy (non-hydrogen) atoms. The summed E-state index contributed by atoms with van der Waals surface area (Å²) in [6.45, 7) is 1.60. The van der Waals surface area contributed by atoms with E-state index in [9.17, 15) is 12.8 Å². The third-order valence-electron chi connectivity index (χ3n) is 1.85. The molecule has 1 N–H and O–H groups in total. The van der Waals surface area contributed by atoms with Crippen LogP contribution in [0.4, 0.5) is 10.2 Å². The Morgan fingerprint density at radius 3 is 2.82 bits per heavy atom. The largest absolute Gasteiger partial charge is 0.360 e. The molecule has 0 bridgehead atoms. The van der Waals surface area contributed by atoms with Crippen molar-refractivity contribution < 1.29 is 17.3 Å². The molecule has 0 amide bonds. The van der Waals surface area contributed by atoms with Crippen LogP contribution in [0.3, 0.4) is 0 Å². The van der Waals surface area contributed by atoms with Crippen LogP contribution >= 0.6 is 0 Å². The number of aryl methyl sites for hydroxylation is 1. The third-order valence-corrected chi connectivity index (χ3v) is 3.13. The predicted molar refractivity (Wildman–Crippen MR) is 56.2 cm³/mol. The molecule has 0 saturated carbocycles. The number of pyridine rings is 1. The lowest BCUT2D eigenvalue weighted by atomic mass is 10.5. The molecular weight excluding hydrogens is 249 g/mol. The normalized spacial score (nSPS) is 11.4. The highest BCUT2D eigenvalue weighted by molar-refractivity contribution is 7.92. The molecule has 0 spiro atoms. The maximum atomic E-state index is 13.3. The van der Waals surface area contributed by atoms with Crippen LogP contribution < -0.4 is 4.72 Å². The average Bonchev–Trinajstić information content (AvgIpc) is 2.63. The zero-order valence-corrected chi connectivity index (χ0v) is 9.53. The number of rotatable bonds is 3. The van der Waals surface area contributed by atoms with Gasteiger partial charge in [-0.1, -0.05) is 5.16 Å². The van der Waals surface area contributed by atoms with Crippen molar-refractivity contribution >= 4 is 15.8 Å². The molecule has 0 aliphatic rings. The minimum absolute atomic E-state index is 0.0208. The van der Waals surface area contributed by atoms with Crippen LogP contribution in [-0.4, -0.2) is 18.6 Å². The molecule has 2 heterocycles. The van der Waals surface area contributed by atoms with Crippen molar-refractivity contribution in [3.63, 3.8) is 0 Å². The van der Waals surface area contributed by atoms with E-state index in [1.807, 2.05) is 0 Å². The summed E-state index contributed by atoms with van der Waals surface area (Å²) in [5, 5.41) is 2.76. The lowest BCUT2D eigenvalue weighted by Crippen LogP contribution is -2.16. The topological polar surface area (TPSA) is 85.1 Å². The minimum atomic E-state index is -4.09. The van der Waals surface area contributed by atoms with Gasteiger partial charge >= 0.3 is 0 Å². The number of hydrogen-bond acceptors (Lipinski definition) is 5. The van der Waals surface area contributed by atoms with E-state index in [0.29, 0.717) is 5.76 Å². The maximum absolute atomic E-state index is 13.3. The van der Waals surface area contributed by atoms with E-state index in [2.05, 4.69) is 19.4 Å². The van der Waals surface area contributed by atoms with Crippen molar-refractivity contribution in [3.8, 4) is 0 Å². The van der Waals surface area contributed by atoms with Gasteiger partial charge in [0.25, 0.3) is 10.0 Å². The van der Waals surface area contributed by atoms with Gasteiger partial charge in [-0.15, -0.1) is 0 Å². The van der Waals surface area contributed by atoms with E-state index >= 15 is 0 Å². The summed E-state index contributed by atoms with van der Waals surface area (Å²) in [5.41, 5.74) is 0. The van der Waals surface area contributed by atoms with Crippen LogP contribution in [0, 0.1) is 12.7 Å². The molecule has 0 aliphatic heterocycles. The first-order valence-electron chi connectivity index (χ1n) is 4.56. The number of nitrogens with zero attached hydrogens (tertiary/aromatic N) is 2. The first kappa shape index (κ1) is 11.5. The number of aromatic nitrogens is 2. The van der Waals surface area contributed by atoms with Gasteiger partial charge in [0.15, 0.2) is 11.6 Å². The van der Waals surface area contributed by atoms with E-state index in [1.54, 1.807) is 6.92 Å². The summed E-state index contributed by atoms with van der Waals surface area (Å²) in [6, 6.07) is 3.68. The number of anilines is 1. The van der Waals surface area contributed by atoms with Gasteiger partial charge in [-0.25, -0.2) is 9.37 Å². The van der Waals surface area contributed by atoms with E-state index < -0.39 is 20.9 Å². The number of sulfonamides is 1. The zero-order chi connectivity index (χ0) is 12.5. The van der Waals surface area contributed by atoms with Gasteiger partial charge < -0.3 is 4.52 Å². The Morgan fingerprint density at radius 2 is 2.24 bits per heavy atom. The Labute approximate surface area is 96.5 Å². The van der Waals surface area contributed by atoms with Gasteiger partial charge in [0.05, 0.1) is 0 Å². The second-order valence-corrected chi connectivity index (χ2v) is 4.82. The molecule has 2 rings (SSSR count). The standard InChI is InChI=1S/C9H8FN3O3S/c1-6-5-8(12-16-6)13-17(14,15)9-7(10)3-2-4-11-9/h2-5H,1H3,(H,12,13). The molecular formula is C9H8FN3O3S. The molecule has 8 heteroatoms. The van der Waals surface area contributed by atoms with Crippen molar-refractivity contribution in [1.82, 2.24) is 10.1 Å². The summed E-state index contributed by atoms with van der Waals surface area (Å²) in [5.74, 6) is -0.517. The Balaban J connectivity index is 2.35. The Kier molecular flexibility index (Phi) is 2.80. The SMILES string of the molecule is Cc1cc(NS(=O)(=O)c2ncccc2F)no1. The molecule has 2 aromatic heterocycles. The Hall–Kier alpha value is -1.96. The molecule has 0 unspecified atom stereocenters. The quantitative estimate of drug-likeness (QED) is 0.896. The third kappa shape index (κ3) is 2.41. The zero-order valence-electron chi connectivity index (χ0n) is 8.71. The van der Waals surface area contributed by atoms with E-state index in [0.717, 1.165) is 6.07 Å². The lowest BCUT2D eigenvalue weighted by molar-refractivity contribution is 0.400. The van der Waals surface area contributed by atoms with Crippen LogP contribution in [0.25, 0.3) is 0 Å². The molecule has 90 valence electrons. The molecule has 0 saturated heterocycles. The summed E-state index contributed by atoms with van der Waals surface area (Å²) < 4.78 is 43.5. The fourth-order valence-electron chi connectivity index (χ4n) is 1.17. The highest BCUT2D eigenvalue weighted by Gasteiger charge is 2.21. The van der Waals surface area contributed by atoms with E-state index in [4.69, 9.17) is 0 Å². The second kappa shape index (κ2) is 4.13. The molecule has 0 aromatic carbocycles. The van der Waals surface area contributed by atoms with Crippen LogP contribution in [0.15, 0.2) is 33.9 Å². The first-order valence-corrected chi connectivity index (χ1v) is 6.04. The predicted octanol–water partition coefficient (Wildman–Crippen LogP) is 1.32. The molecule has 0 radical (unpaired) electrons. The van der Waals surface area contributed by atoms with Gasteiger partial charge in [-0.3, -0.25) is 4.72 Å². The highest BCUT2D eigenvalue weighted by atomic mass is 32.2. The smallest absolute Gasteiger partial charge is 0.283 e. The van der Waals surface area contributed by atoms with Crippen LogP contribution in [0.1, 0.15) is 5.76 Å². The van der Waals surface area contributed by atoms with Crippen molar-refractivity contribution in [2.24, 2.45) is 0 Å². The van der Waals surface area contributed by atoms with Gasteiger partial charge in [0.2, 0.25) is 5.03 Å². The van der Waals surface area contributed by atoms with Crippen molar-refractivity contribution in [2.45, 2.75) is 11.9 Å². The minimum Gasteiger partial charge on any atom is -0.360 e. The average molecular weight is 257 g/mol. The monoisotopic (exact) mass is 257 g/mol. The van der Waals surface area contributed by atoms with Crippen LogP contribution in [0.5, 0.6) is 0 Å². The van der Waals surface area contributed by atoms with Gasteiger partial charge in [0.1, 0.15) is 5.76 Å². The Morgan fingerprint density at radius 1 is 1.47 bits per heavy atom. The van der Waals surface area contributed by atoms with Crippen molar-refractivity contribution in [3.05, 3.63) is 36.0 Å². The van der Waals surface area contributed by atoms with Gasteiger partial charge in [0, 0.05) is 12.3 Å². The summed E-state index contributed by atoms with van der Waals surface area (Å²) in [6.07, 6.45) is 1.19. The fourth-order valence-corrected chi connectivity index (χ4v) is 2.16. The van der Waals surface area contributed by atoms with Gasteiger partial charge in [-0.05, 0) is 19.1 Å². The van der Waals surface area contributed by atoms with E-state index in [-0.39, 0.29) is 5.82 Å². The van der Waals surface area contributed by atoms with Crippen molar-refractivity contribution in [1.29, 1.82) is 0 Å². The lowest BCUT2D eigenvalue weighted by Gasteiger charge is -2.03. The molecule has 2 aromatic rings. The summed E-state index contributed by atoms with van der Waals surface area (Å²) in [7, 11) is -4.09. The number of nitrogens with one attached hydrogen (secondary N) is 1. The van der Waals surface area contributed by atoms with Crippen LogP contribution in [-0.2, 0) is 10.0 Å². The van der Waals surface area contributed by atoms with Gasteiger partial charge in [-0.2, -0.15) is 8.42 Å². The molecule has 0 aliphatic carbocycles. The number of halogens is 1.